The first-order valence-corrected chi connectivity index (χ1v) is 14.4. The average molecular weight is 598 g/mol. The number of halogens is 1. The second kappa shape index (κ2) is 14.3. The molecule has 1 saturated heterocycles. The molecule has 0 radical (unpaired) electrons. The number of amides is 1. The zero-order chi connectivity index (χ0) is 26.3. The zero-order valence-electron chi connectivity index (χ0n) is 23.2. The molecule has 1 heterocycles. The minimum absolute atomic E-state index is 0. The summed E-state index contributed by atoms with van der Waals surface area (Å²) in [4.78, 5) is 14.2. The van der Waals surface area contributed by atoms with Crippen LogP contribution in [-0.2, 0) is 17.0 Å². The van der Waals surface area contributed by atoms with Crippen LogP contribution in [0.3, 0.4) is 0 Å². The molecular weight excluding hydrogens is 556 g/mol. The van der Waals surface area contributed by atoms with Gasteiger partial charge in [-0.3, -0.25) is 4.79 Å². The molecule has 0 aliphatic carbocycles. The number of quaternary nitrogens is 1. The number of carbonyl (C=O) groups is 1. The van der Waals surface area contributed by atoms with Crippen LogP contribution >= 0.6 is 11.8 Å². The van der Waals surface area contributed by atoms with Gasteiger partial charge >= 0.3 is 0 Å². The SMILES string of the molecule is Cc1cc(C)cc(CSc2ccccc2C(=O)NCCC[N+]2(Cc3cc(C)cc(C)c3)CCOCC2)c1.[Br-]. The summed E-state index contributed by atoms with van der Waals surface area (Å²) in [6.45, 7) is 15.0. The Labute approximate surface area is 243 Å². The van der Waals surface area contributed by atoms with E-state index in [1.165, 1.54) is 33.4 Å². The van der Waals surface area contributed by atoms with Crippen molar-refractivity contribution in [3.8, 4) is 0 Å². The Morgan fingerprint density at radius 2 is 1.45 bits per heavy atom. The molecular formula is C32H41BrN2O2S. The first-order chi connectivity index (χ1) is 17.8. The number of carbonyl (C=O) groups excluding carboxylic acids is 1. The van der Waals surface area contributed by atoms with E-state index in [2.05, 4.69) is 75.5 Å². The molecule has 0 saturated carbocycles. The maximum absolute atomic E-state index is 13.1. The van der Waals surface area contributed by atoms with Gasteiger partial charge in [-0.2, -0.15) is 0 Å². The third kappa shape index (κ3) is 8.70. The number of morpholine rings is 1. The monoisotopic (exact) mass is 596 g/mol. The van der Waals surface area contributed by atoms with Gasteiger partial charge < -0.3 is 31.5 Å². The first-order valence-electron chi connectivity index (χ1n) is 13.4. The van der Waals surface area contributed by atoms with Crippen molar-refractivity contribution in [3.05, 3.63) is 99.6 Å². The summed E-state index contributed by atoms with van der Waals surface area (Å²) in [5, 5.41) is 3.20. The average Bonchev–Trinajstić information content (AvgIpc) is 2.85. The van der Waals surface area contributed by atoms with Gasteiger partial charge in [-0.05, 0) is 45.4 Å². The third-order valence-electron chi connectivity index (χ3n) is 7.12. The number of thioether (sulfide) groups is 1. The van der Waals surface area contributed by atoms with E-state index < -0.39 is 0 Å². The fourth-order valence-electron chi connectivity index (χ4n) is 5.54. The molecule has 1 aliphatic heterocycles. The Morgan fingerprint density at radius 1 is 0.868 bits per heavy atom. The summed E-state index contributed by atoms with van der Waals surface area (Å²) in [5.74, 6) is 0.874. The van der Waals surface area contributed by atoms with Gasteiger partial charge in [0.25, 0.3) is 5.91 Å². The van der Waals surface area contributed by atoms with Gasteiger partial charge in [0, 0.05) is 29.2 Å². The number of nitrogens with one attached hydrogen (secondary N) is 1. The van der Waals surface area contributed by atoms with Gasteiger partial charge in [-0.25, -0.2) is 0 Å². The second-order valence-corrected chi connectivity index (χ2v) is 11.7. The standard InChI is InChI=1S/C32H40N2O2S.BrH/c1-24-16-25(2)19-28(18-24)22-34(12-14-36-15-13-34)11-7-10-33-32(35)30-8-5-6-9-31(30)37-23-29-20-26(3)17-27(4)21-29;/h5-6,8-9,16-21H,7,10-15,22-23H2,1-4H3;1H. The lowest BCUT2D eigenvalue weighted by Gasteiger charge is -2.41. The molecule has 0 atom stereocenters. The van der Waals surface area contributed by atoms with Gasteiger partial charge in [0.1, 0.15) is 19.6 Å². The molecule has 4 rings (SSSR count). The van der Waals surface area contributed by atoms with Gasteiger partial charge in [-0.15, -0.1) is 11.8 Å². The van der Waals surface area contributed by atoms with E-state index in [4.69, 9.17) is 4.74 Å². The van der Waals surface area contributed by atoms with E-state index in [9.17, 15) is 4.79 Å². The number of aryl methyl sites for hydroxylation is 4. The van der Waals surface area contributed by atoms with E-state index >= 15 is 0 Å². The molecule has 1 aliphatic rings. The van der Waals surface area contributed by atoms with Crippen molar-refractivity contribution in [1.82, 2.24) is 5.32 Å². The lowest BCUT2D eigenvalue weighted by atomic mass is 10.1. The summed E-state index contributed by atoms with van der Waals surface area (Å²) < 4.78 is 6.73. The minimum Gasteiger partial charge on any atom is -1.00 e. The van der Waals surface area contributed by atoms with Crippen LogP contribution in [0.4, 0.5) is 0 Å². The predicted octanol–water partition coefficient (Wildman–Crippen LogP) is 3.38. The molecule has 1 fully saturated rings. The molecule has 3 aromatic rings. The largest absolute Gasteiger partial charge is 1.00 e. The van der Waals surface area contributed by atoms with Gasteiger partial charge in [0.2, 0.25) is 0 Å². The van der Waals surface area contributed by atoms with Crippen molar-refractivity contribution in [2.75, 3.05) is 39.4 Å². The predicted molar refractivity (Wildman–Crippen MR) is 154 cm³/mol. The maximum Gasteiger partial charge on any atom is 0.252 e. The minimum atomic E-state index is 0. The number of ether oxygens (including phenoxy) is 1. The maximum atomic E-state index is 13.1. The first kappa shape index (κ1) is 30.4. The quantitative estimate of drug-likeness (QED) is 0.221. The number of hydrogen-bond donors (Lipinski definition) is 1. The highest BCUT2D eigenvalue weighted by atomic mass is 79.9. The molecule has 0 bridgehead atoms. The zero-order valence-corrected chi connectivity index (χ0v) is 25.6. The van der Waals surface area contributed by atoms with Gasteiger partial charge in [0.15, 0.2) is 0 Å². The highest BCUT2D eigenvalue weighted by molar-refractivity contribution is 7.98. The smallest absolute Gasteiger partial charge is 0.252 e. The Hall–Kier alpha value is -2.12. The highest BCUT2D eigenvalue weighted by Gasteiger charge is 2.30. The molecule has 0 unspecified atom stereocenters. The van der Waals surface area contributed by atoms with Crippen LogP contribution in [0.25, 0.3) is 0 Å². The van der Waals surface area contributed by atoms with Crippen molar-refractivity contribution in [3.63, 3.8) is 0 Å². The normalized spacial score (nSPS) is 14.5. The van der Waals surface area contributed by atoms with Crippen LogP contribution in [0.2, 0.25) is 0 Å². The molecule has 6 heteroatoms. The number of nitrogens with zero attached hydrogens (tertiary/aromatic N) is 1. The number of hydrogen-bond acceptors (Lipinski definition) is 3. The van der Waals surface area contributed by atoms with Crippen molar-refractivity contribution in [2.45, 2.75) is 51.3 Å². The van der Waals surface area contributed by atoms with Crippen LogP contribution in [-0.4, -0.2) is 49.8 Å². The summed E-state index contributed by atoms with van der Waals surface area (Å²) in [5.41, 5.74) is 8.66. The van der Waals surface area contributed by atoms with Crippen molar-refractivity contribution >= 4 is 17.7 Å². The lowest BCUT2D eigenvalue weighted by Crippen LogP contribution is -3.00. The second-order valence-electron chi connectivity index (χ2n) is 10.7. The van der Waals surface area contributed by atoms with Crippen LogP contribution in [0, 0.1) is 27.7 Å². The van der Waals surface area contributed by atoms with E-state index in [1.54, 1.807) is 11.8 Å². The Bertz CT molecular complexity index is 1180. The summed E-state index contributed by atoms with van der Waals surface area (Å²) >= 11 is 1.73. The summed E-state index contributed by atoms with van der Waals surface area (Å²) in [6, 6.07) is 21.5. The van der Waals surface area contributed by atoms with Crippen LogP contribution in [0.1, 0.15) is 50.2 Å². The van der Waals surface area contributed by atoms with E-state index in [1.807, 2.05) is 18.2 Å². The third-order valence-corrected chi connectivity index (χ3v) is 8.27. The number of benzene rings is 3. The van der Waals surface area contributed by atoms with E-state index in [-0.39, 0.29) is 22.9 Å². The summed E-state index contributed by atoms with van der Waals surface area (Å²) in [6.07, 6.45) is 0.953. The fraction of sp³-hybridized carbons (Fsp3) is 0.406. The van der Waals surface area contributed by atoms with Crippen molar-refractivity contribution in [1.29, 1.82) is 0 Å². The van der Waals surface area contributed by atoms with Crippen LogP contribution in [0.15, 0.2) is 65.6 Å². The molecule has 3 aromatic carbocycles. The van der Waals surface area contributed by atoms with Crippen LogP contribution in [0.5, 0.6) is 0 Å². The fourth-order valence-corrected chi connectivity index (χ4v) is 6.52. The molecule has 4 nitrogen and oxygen atoms in total. The molecule has 38 heavy (non-hydrogen) atoms. The molecule has 0 aromatic heterocycles. The lowest BCUT2D eigenvalue weighted by molar-refractivity contribution is -0.947. The molecule has 1 N–H and O–H groups in total. The summed E-state index contributed by atoms with van der Waals surface area (Å²) in [7, 11) is 0. The van der Waals surface area contributed by atoms with Crippen molar-refractivity contribution in [2.24, 2.45) is 0 Å². The topological polar surface area (TPSA) is 38.3 Å². The molecule has 204 valence electrons. The van der Waals surface area contributed by atoms with Gasteiger partial charge in [-0.1, -0.05) is 70.8 Å². The number of rotatable bonds is 10. The Kier molecular flexibility index (Phi) is 11.5. The van der Waals surface area contributed by atoms with E-state index in [0.717, 1.165) is 66.5 Å². The Balaban J connectivity index is 0.00000400. The Morgan fingerprint density at radius 3 is 2.08 bits per heavy atom. The highest BCUT2D eigenvalue weighted by Crippen LogP contribution is 2.27. The van der Waals surface area contributed by atoms with E-state index in [0.29, 0.717) is 6.54 Å². The van der Waals surface area contributed by atoms with Gasteiger partial charge in [0.05, 0.1) is 25.3 Å². The molecule has 1 amide bonds. The molecule has 0 spiro atoms. The van der Waals surface area contributed by atoms with Crippen LogP contribution < -0.4 is 22.3 Å². The van der Waals surface area contributed by atoms with Crippen molar-refractivity contribution < 1.29 is 31.0 Å².